The van der Waals surface area contributed by atoms with Gasteiger partial charge >= 0.3 is 6.18 Å². The van der Waals surface area contributed by atoms with Crippen LogP contribution < -0.4 is 9.80 Å². The van der Waals surface area contributed by atoms with Crippen LogP contribution in [0.3, 0.4) is 0 Å². The minimum absolute atomic E-state index is 0.285. The zero-order valence-corrected chi connectivity index (χ0v) is 17.2. The minimum Gasteiger partial charge on any atom is -0.507 e. The van der Waals surface area contributed by atoms with Gasteiger partial charge in [0.2, 0.25) is 0 Å². The maximum atomic E-state index is 13.0. The fourth-order valence-electron chi connectivity index (χ4n) is 3.93. The summed E-state index contributed by atoms with van der Waals surface area (Å²) in [5.41, 5.74) is 0.908. The zero-order valence-electron chi connectivity index (χ0n) is 15.6. The highest BCUT2D eigenvalue weighted by molar-refractivity contribution is 9.10. The minimum atomic E-state index is -4.33. The molecule has 0 amide bonds. The summed E-state index contributed by atoms with van der Waals surface area (Å²) in [7, 11) is 0. The Morgan fingerprint density at radius 1 is 1.00 bits per heavy atom. The molecule has 3 aromatic rings. The van der Waals surface area contributed by atoms with Gasteiger partial charge in [0.15, 0.2) is 0 Å². The number of rotatable bonds is 3. The zero-order chi connectivity index (χ0) is 20.6. The monoisotopic (exact) mass is 465 g/mol. The van der Waals surface area contributed by atoms with E-state index in [-0.39, 0.29) is 5.75 Å². The third-order valence-corrected chi connectivity index (χ3v) is 6.00. The Morgan fingerprint density at radius 3 is 2.48 bits per heavy atom. The quantitative estimate of drug-likeness (QED) is 0.605. The van der Waals surface area contributed by atoms with Crippen molar-refractivity contribution in [3.05, 3.63) is 70.2 Å². The summed E-state index contributed by atoms with van der Waals surface area (Å²) < 4.78 is 39.9. The molecule has 0 aromatic heterocycles. The van der Waals surface area contributed by atoms with Gasteiger partial charge in [0.05, 0.1) is 37.3 Å². The Morgan fingerprint density at radius 2 is 1.76 bits per heavy atom. The van der Waals surface area contributed by atoms with Crippen LogP contribution in [0.5, 0.6) is 5.75 Å². The molecule has 7 heteroatoms. The van der Waals surface area contributed by atoms with E-state index >= 15 is 0 Å². The lowest BCUT2D eigenvalue weighted by atomic mass is 10.0. The number of alkyl halides is 3. The van der Waals surface area contributed by atoms with Crippen molar-refractivity contribution in [3.8, 4) is 5.75 Å². The van der Waals surface area contributed by atoms with E-state index in [1.807, 2.05) is 29.2 Å². The van der Waals surface area contributed by atoms with Gasteiger partial charge < -0.3 is 14.9 Å². The summed E-state index contributed by atoms with van der Waals surface area (Å²) in [6, 6.07) is 15.1. The van der Waals surface area contributed by atoms with Gasteiger partial charge in [-0.05, 0) is 47.2 Å². The van der Waals surface area contributed by atoms with Crippen LogP contribution in [0.1, 0.15) is 11.1 Å². The summed E-state index contributed by atoms with van der Waals surface area (Å²) in [5.74, 6) is 0.285. The predicted molar refractivity (Wildman–Crippen MR) is 111 cm³/mol. The van der Waals surface area contributed by atoms with Crippen molar-refractivity contribution in [2.45, 2.75) is 12.7 Å². The van der Waals surface area contributed by atoms with Crippen LogP contribution in [0, 0.1) is 0 Å². The van der Waals surface area contributed by atoms with Crippen molar-refractivity contribution >= 4 is 32.4 Å². The molecule has 0 atom stereocenters. The second-order valence-corrected chi connectivity index (χ2v) is 8.31. The average molecular weight is 466 g/mol. The molecule has 1 aliphatic rings. The molecule has 0 radical (unpaired) electrons. The van der Waals surface area contributed by atoms with E-state index in [4.69, 9.17) is 0 Å². The molecule has 0 aliphatic carbocycles. The van der Waals surface area contributed by atoms with Crippen molar-refractivity contribution in [1.29, 1.82) is 0 Å². The van der Waals surface area contributed by atoms with E-state index in [0.717, 1.165) is 40.0 Å². The number of nitrogens with one attached hydrogen (secondary N) is 1. The number of piperazine rings is 1. The van der Waals surface area contributed by atoms with E-state index < -0.39 is 11.7 Å². The number of hydrogen-bond acceptors (Lipinski definition) is 2. The smallest absolute Gasteiger partial charge is 0.416 e. The molecule has 1 saturated heterocycles. The van der Waals surface area contributed by atoms with Gasteiger partial charge in [-0.1, -0.05) is 34.1 Å². The van der Waals surface area contributed by atoms with Crippen LogP contribution >= 0.6 is 15.9 Å². The number of hydrogen-bond donors (Lipinski definition) is 2. The lowest BCUT2D eigenvalue weighted by molar-refractivity contribution is -0.914. The predicted octanol–water partition coefficient (Wildman–Crippen LogP) is 4.23. The summed E-state index contributed by atoms with van der Waals surface area (Å²) in [4.78, 5) is 3.30. The third kappa shape index (κ3) is 4.36. The van der Waals surface area contributed by atoms with Gasteiger partial charge in [-0.3, -0.25) is 0 Å². The Bertz CT molecular complexity index is 1030. The standard InChI is InChI=1S/C22H20BrF3N2O/c23-17-5-6-19-15(12-17)4-7-21(29)20(19)14-27-8-10-28(11-9-27)18-3-1-2-16(13-18)22(24,25)26/h1-7,12-13,29H,8-11,14H2/p+1. The lowest BCUT2D eigenvalue weighted by Crippen LogP contribution is -3.13. The van der Waals surface area contributed by atoms with Crippen molar-refractivity contribution < 1.29 is 23.2 Å². The number of nitrogens with zero attached hydrogens (tertiary/aromatic N) is 1. The maximum absolute atomic E-state index is 13.0. The van der Waals surface area contributed by atoms with Crippen LogP contribution in [-0.4, -0.2) is 31.3 Å². The van der Waals surface area contributed by atoms with Gasteiger partial charge in [0.25, 0.3) is 0 Å². The number of anilines is 1. The van der Waals surface area contributed by atoms with Crippen LogP contribution in [0.2, 0.25) is 0 Å². The summed E-state index contributed by atoms with van der Waals surface area (Å²) in [5, 5.41) is 12.5. The first-order valence-corrected chi connectivity index (χ1v) is 10.3. The first-order valence-electron chi connectivity index (χ1n) is 9.47. The summed E-state index contributed by atoms with van der Waals surface area (Å²) >= 11 is 3.48. The SMILES string of the molecule is Oc1ccc2cc(Br)ccc2c1C[NH+]1CCN(c2cccc(C(F)(F)F)c2)CC1. The fraction of sp³-hybridized carbons (Fsp3) is 0.273. The number of phenols is 1. The molecule has 4 rings (SSSR count). The molecule has 0 saturated carbocycles. The number of benzene rings is 3. The van der Waals surface area contributed by atoms with Crippen LogP contribution in [-0.2, 0) is 12.7 Å². The number of halogens is 4. The topological polar surface area (TPSA) is 27.9 Å². The number of fused-ring (bicyclic) bond motifs is 1. The molecule has 1 heterocycles. The first kappa shape index (κ1) is 20.0. The molecule has 2 N–H and O–H groups in total. The van der Waals surface area contributed by atoms with Gasteiger partial charge in [-0.25, -0.2) is 0 Å². The van der Waals surface area contributed by atoms with Gasteiger partial charge in [-0.15, -0.1) is 0 Å². The Hall–Kier alpha value is -2.25. The molecule has 3 aromatic carbocycles. The van der Waals surface area contributed by atoms with Crippen LogP contribution in [0.4, 0.5) is 18.9 Å². The highest BCUT2D eigenvalue weighted by Gasteiger charge is 2.31. The van der Waals surface area contributed by atoms with E-state index in [0.29, 0.717) is 25.3 Å². The Labute approximate surface area is 175 Å². The van der Waals surface area contributed by atoms with E-state index in [2.05, 4.69) is 15.9 Å². The normalized spacial score (nSPS) is 15.8. The molecule has 0 unspecified atom stereocenters. The van der Waals surface area contributed by atoms with Crippen molar-refractivity contribution in [2.75, 3.05) is 31.1 Å². The molecular weight excluding hydrogens is 445 g/mol. The second kappa shape index (κ2) is 7.88. The highest BCUT2D eigenvalue weighted by Crippen LogP contribution is 2.32. The van der Waals surface area contributed by atoms with Crippen molar-refractivity contribution in [3.63, 3.8) is 0 Å². The molecule has 1 fully saturated rings. The van der Waals surface area contributed by atoms with Crippen molar-refractivity contribution in [1.82, 2.24) is 0 Å². The first-order chi connectivity index (χ1) is 13.8. The molecule has 1 aliphatic heterocycles. The molecule has 152 valence electrons. The molecular formula is C22H21BrF3N2O+. The number of aromatic hydroxyl groups is 1. The molecule has 3 nitrogen and oxygen atoms in total. The third-order valence-electron chi connectivity index (χ3n) is 5.50. The van der Waals surface area contributed by atoms with Gasteiger partial charge in [0, 0.05) is 10.2 Å². The van der Waals surface area contributed by atoms with E-state index in [1.165, 1.54) is 17.0 Å². The largest absolute Gasteiger partial charge is 0.507 e. The summed E-state index contributed by atoms with van der Waals surface area (Å²) in [6.45, 7) is 3.62. The molecule has 0 spiro atoms. The van der Waals surface area contributed by atoms with Crippen LogP contribution in [0.15, 0.2) is 59.1 Å². The van der Waals surface area contributed by atoms with E-state index in [9.17, 15) is 18.3 Å². The second-order valence-electron chi connectivity index (χ2n) is 7.39. The van der Waals surface area contributed by atoms with E-state index in [1.54, 1.807) is 12.1 Å². The van der Waals surface area contributed by atoms with Gasteiger partial charge in [0.1, 0.15) is 12.3 Å². The van der Waals surface area contributed by atoms with Gasteiger partial charge in [-0.2, -0.15) is 13.2 Å². The highest BCUT2D eigenvalue weighted by atomic mass is 79.9. The molecule has 29 heavy (non-hydrogen) atoms. The summed E-state index contributed by atoms with van der Waals surface area (Å²) in [6.07, 6.45) is -4.33. The fourth-order valence-corrected chi connectivity index (χ4v) is 4.31. The average Bonchev–Trinajstić information content (AvgIpc) is 2.70. The lowest BCUT2D eigenvalue weighted by Gasteiger charge is -2.34. The number of quaternary nitrogens is 1. The Kier molecular flexibility index (Phi) is 5.44. The Balaban J connectivity index is 1.47. The van der Waals surface area contributed by atoms with Crippen LogP contribution in [0.25, 0.3) is 10.8 Å². The van der Waals surface area contributed by atoms with Crippen molar-refractivity contribution in [2.24, 2.45) is 0 Å². The molecule has 0 bridgehead atoms. The maximum Gasteiger partial charge on any atom is 0.416 e. The number of phenolic OH excluding ortho intramolecular Hbond substituents is 1.